The summed E-state index contributed by atoms with van der Waals surface area (Å²) in [6.45, 7) is 4.13. The van der Waals surface area contributed by atoms with E-state index >= 15 is 4.39 Å². The molecule has 4 rings (SSSR count). The predicted molar refractivity (Wildman–Crippen MR) is 116 cm³/mol. The van der Waals surface area contributed by atoms with Gasteiger partial charge in [0.05, 0.1) is 15.9 Å². The third-order valence-electron chi connectivity index (χ3n) is 8.40. The van der Waals surface area contributed by atoms with Gasteiger partial charge in [0.25, 0.3) is 0 Å². The van der Waals surface area contributed by atoms with Crippen LogP contribution in [-0.2, 0) is 4.79 Å². The first-order chi connectivity index (χ1) is 13.2. The minimum absolute atomic E-state index is 0.0717. The lowest BCUT2D eigenvalue weighted by molar-refractivity contribution is -0.189. The molecule has 4 aliphatic rings. The standard InChI is InChI=1S/C23H29FO2S2/c1-5-12-28-22(27-4)11-9-17-18-7-6-15-13-16(25)8-10-20(15,2)23(18,24)19(26)14-21(17,22)3/h1,8,10,13,17-19,26H,6-7,9,11-12,14H2,2-4H3/t17-,18-,19-,20-,21-,22-,23?/m0/s1. The van der Waals surface area contributed by atoms with E-state index in [0.717, 1.165) is 24.8 Å². The number of ketones is 1. The maximum atomic E-state index is 17.0. The van der Waals surface area contributed by atoms with E-state index in [1.807, 2.05) is 18.7 Å². The fraction of sp³-hybridized carbons (Fsp3) is 0.696. The van der Waals surface area contributed by atoms with Crippen LogP contribution in [-0.4, -0.2) is 38.8 Å². The van der Waals surface area contributed by atoms with E-state index in [1.54, 1.807) is 23.9 Å². The number of thioether (sulfide) groups is 2. The number of hydrogen-bond acceptors (Lipinski definition) is 4. The minimum atomic E-state index is -1.73. The van der Waals surface area contributed by atoms with Gasteiger partial charge in [-0.25, -0.2) is 4.39 Å². The van der Waals surface area contributed by atoms with E-state index in [9.17, 15) is 9.90 Å². The van der Waals surface area contributed by atoms with E-state index in [-0.39, 0.29) is 27.1 Å². The van der Waals surface area contributed by atoms with Gasteiger partial charge in [-0.15, -0.1) is 29.9 Å². The summed E-state index contributed by atoms with van der Waals surface area (Å²) in [5, 5.41) is 11.3. The van der Waals surface area contributed by atoms with Crippen molar-refractivity contribution in [3.05, 3.63) is 23.8 Å². The van der Waals surface area contributed by atoms with Crippen LogP contribution in [0.3, 0.4) is 0 Å². The summed E-state index contributed by atoms with van der Waals surface area (Å²) in [7, 11) is 0. The Kier molecular flexibility index (Phi) is 4.89. The topological polar surface area (TPSA) is 37.3 Å². The number of halogens is 1. The van der Waals surface area contributed by atoms with Gasteiger partial charge < -0.3 is 5.11 Å². The van der Waals surface area contributed by atoms with Gasteiger partial charge in [-0.2, -0.15) is 0 Å². The van der Waals surface area contributed by atoms with Crippen LogP contribution in [0.2, 0.25) is 0 Å². The van der Waals surface area contributed by atoms with E-state index < -0.39 is 17.2 Å². The quantitative estimate of drug-likeness (QED) is 0.526. The van der Waals surface area contributed by atoms with Crippen molar-refractivity contribution in [1.29, 1.82) is 0 Å². The largest absolute Gasteiger partial charge is 0.390 e. The highest BCUT2D eigenvalue weighted by Gasteiger charge is 2.72. The van der Waals surface area contributed by atoms with Gasteiger partial charge in [-0.3, -0.25) is 4.79 Å². The summed E-state index contributed by atoms with van der Waals surface area (Å²) >= 11 is 3.63. The van der Waals surface area contributed by atoms with Crippen molar-refractivity contribution in [2.45, 2.75) is 61.8 Å². The van der Waals surface area contributed by atoms with Crippen LogP contribution in [0, 0.1) is 35.0 Å². The maximum Gasteiger partial charge on any atom is 0.178 e. The molecule has 0 amide bonds. The minimum Gasteiger partial charge on any atom is -0.390 e. The molecule has 3 fully saturated rings. The lowest BCUT2D eigenvalue weighted by Gasteiger charge is -2.63. The zero-order chi connectivity index (χ0) is 20.4. The second kappa shape index (κ2) is 6.65. The predicted octanol–water partition coefficient (Wildman–Crippen LogP) is 4.78. The Balaban J connectivity index is 1.78. The first-order valence-electron chi connectivity index (χ1n) is 10.1. The highest BCUT2D eigenvalue weighted by atomic mass is 32.2. The molecule has 5 heteroatoms. The Morgan fingerprint density at radius 1 is 1.36 bits per heavy atom. The summed E-state index contributed by atoms with van der Waals surface area (Å²) in [4.78, 5) is 11.9. The Hall–Kier alpha value is -0.700. The fourth-order valence-electron chi connectivity index (χ4n) is 6.95. The van der Waals surface area contributed by atoms with E-state index in [2.05, 4.69) is 19.1 Å². The van der Waals surface area contributed by atoms with E-state index in [0.29, 0.717) is 18.6 Å². The molecule has 1 N–H and O–H groups in total. The second-order valence-corrected chi connectivity index (χ2v) is 11.9. The van der Waals surface area contributed by atoms with Gasteiger partial charge in [0, 0.05) is 11.3 Å². The molecule has 0 bridgehead atoms. The Labute approximate surface area is 176 Å². The third-order valence-corrected chi connectivity index (χ3v) is 12.0. The highest BCUT2D eigenvalue weighted by molar-refractivity contribution is 8.18. The summed E-state index contributed by atoms with van der Waals surface area (Å²) in [6.07, 6.45) is 15.3. The van der Waals surface area contributed by atoms with Gasteiger partial charge in [0.1, 0.15) is 0 Å². The summed E-state index contributed by atoms with van der Waals surface area (Å²) in [5.74, 6) is 3.33. The fourth-order valence-corrected chi connectivity index (χ4v) is 9.76. The van der Waals surface area contributed by atoms with Crippen molar-refractivity contribution in [1.82, 2.24) is 0 Å². The van der Waals surface area contributed by atoms with Crippen molar-refractivity contribution in [3.8, 4) is 12.3 Å². The average molecular weight is 421 g/mol. The van der Waals surface area contributed by atoms with Crippen LogP contribution >= 0.6 is 23.5 Å². The number of alkyl halides is 1. The second-order valence-electron chi connectivity index (χ2n) is 9.25. The lowest BCUT2D eigenvalue weighted by Crippen LogP contribution is -2.67. The lowest BCUT2D eigenvalue weighted by atomic mass is 9.46. The van der Waals surface area contributed by atoms with Crippen molar-refractivity contribution in [2.75, 3.05) is 12.0 Å². The Morgan fingerprint density at radius 3 is 2.79 bits per heavy atom. The molecule has 0 spiro atoms. The van der Waals surface area contributed by atoms with Gasteiger partial charge >= 0.3 is 0 Å². The van der Waals surface area contributed by atoms with Crippen LogP contribution in [0.25, 0.3) is 0 Å². The monoisotopic (exact) mass is 420 g/mol. The van der Waals surface area contributed by atoms with Gasteiger partial charge in [0.2, 0.25) is 0 Å². The van der Waals surface area contributed by atoms with Crippen molar-refractivity contribution in [2.24, 2.45) is 22.7 Å². The normalized spacial score (nSPS) is 49.6. The SMILES string of the molecule is C#CCS[C@@]1(SC)CC[C@H]2[C@@H]3CCC4=CC(=O)C=C[C@]4(C)C3(F)[C@@H](O)C[C@@]21C. The molecule has 0 aliphatic heterocycles. The number of aliphatic hydroxyl groups is 1. The first-order valence-corrected chi connectivity index (χ1v) is 12.3. The first kappa shape index (κ1) is 20.6. The maximum absolute atomic E-state index is 17.0. The van der Waals surface area contributed by atoms with E-state index in [4.69, 9.17) is 6.42 Å². The van der Waals surface area contributed by atoms with Crippen LogP contribution in [0.5, 0.6) is 0 Å². The molecule has 28 heavy (non-hydrogen) atoms. The molecular weight excluding hydrogens is 391 g/mol. The number of rotatable bonds is 3. The summed E-state index contributed by atoms with van der Waals surface area (Å²) in [5.41, 5.74) is -1.96. The van der Waals surface area contributed by atoms with Crippen molar-refractivity contribution in [3.63, 3.8) is 0 Å². The number of carbonyl (C=O) groups is 1. The molecule has 0 heterocycles. The summed E-state index contributed by atoms with van der Waals surface area (Å²) in [6, 6.07) is 0. The van der Waals surface area contributed by atoms with Crippen LogP contribution in [0.1, 0.15) is 46.0 Å². The molecule has 152 valence electrons. The molecule has 0 aromatic carbocycles. The Morgan fingerprint density at radius 2 is 2.11 bits per heavy atom. The van der Waals surface area contributed by atoms with Crippen molar-refractivity contribution >= 4 is 29.3 Å². The average Bonchev–Trinajstić information content (AvgIpc) is 2.94. The van der Waals surface area contributed by atoms with Crippen LogP contribution in [0.15, 0.2) is 23.8 Å². The zero-order valence-electron chi connectivity index (χ0n) is 16.8. The van der Waals surface area contributed by atoms with E-state index in [1.165, 1.54) is 6.08 Å². The molecular formula is C23H29FO2S2. The van der Waals surface area contributed by atoms with Gasteiger partial charge in [-0.05, 0) is 68.8 Å². The molecule has 3 saturated carbocycles. The molecule has 2 nitrogen and oxygen atoms in total. The number of carbonyl (C=O) groups excluding carboxylic acids is 1. The van der Waals surface area contributed by atoms with Gasteiger partial charge in [0.15, 0.2) is 11.5 Å². The highest BCUT2D eigenvalue weighted by Crippen LogP contribution is 2.73. The molecule has 4 aliphatic carbocycles. The molecule has 7 atom stereocenters. The zero-order valence-corrected chi connectivity index (χ0v) is 18.5. The number of aliphatic hydroxyl groups excluding tert-OH is 1. The molecule has 0 radical (unpaired) electrons. The number of hydrogen-bond donors (Lipinski definition) is 1. The number of allylic oxidation sites excluding steroid dienone is 4. The molecule has 0 aromatic rings. The van der Waals surface area contributed by atoms with Crippen LogP contribution < -0.4 is 0 Å². The molecule has 0 saturated heterocycles. The number of fused-ring (bicyclic) bond motifs is 5. The molecule has 1 unspecified atom stereocenters. The molecule has 0 aromatic heterocycles. The number of terminal acetylenes is 1. The van der Waals surface area contributed by atoms with Gasteiger partial charge in [-0.1, -0.05) is 24.5 Å². The van der Waals surface area contributed by atoms with Crippen LogP contribution in [0.4, 0.5) is 4.39 Å². The third kappa shape index (κ3) is 2.38. The van der Waals surface area contributed by atoms with Crippen molar-refractivity contribution < 1.29 is 14.3 Å². The Bertz CT molecular complexity index is 801. The smallest absolute Gasteiger partial charge is 0.178 e. The summed E-state index contributed by atoms with van der Waals surface area (Å²) < 4.78 is 16.9.